The number of aryl methyl sites for hydroxylation is 2. The van der Waals surface area contributed by atoms with Gasteiger partial charge in [-0.15, -0.1) is 11.3 Å². The van der Waals surface area contributed by atoms with E-state index in [1.807, 2.05) is 18.4 Å². The molecule has 1 N–H and O–H groups in total. The van der Waals surface area contributed by atoms with E-state index >= 15 is 0 Å². The van der Waals surface area contributed by atoms with Crippen LogP contribution in [0.15, 0.2) is 12.1 Å². The van der Waals surface area contributed by atoms with Crippen LogP contribution in [0.3, 0.4) is 0 Å². The van der Waals surface area contributed by atoms with Gasteiger partial charge in [-0.3, -0.25) is 0 Å². The average Bonchev–Trinajstić information content (AvgIpc) is 2.65. The van der Waals surface area contributed by atoms with Crippen LogP contribution in [0.25, 0.3) is 0 Å². The van der Waals surface area contributed by atoms with Crippen LogP contribution in [-0.2, 0) is 12.8 Å². The van der Waals surface area contributed by atoms with Gasteiger partial charge in [-0.05, 0) is 51.4 Å². The van der Waals surface area contributed by atoms with Gasteiger partial charge in [-0.25, -0.2) is 0 Å². The molecule has 0 fully saturated rings. The van der Waals surface area contributed by atoms with Crippen molar-refractivity contribution in [2.45, 2.75) is 39.0 Å². The summed E-state index contributed by atoms with van der Waals surface area (Å²) in [7, 11) is 2.02. The number of hydrogen-bond donors (Lipinski definition) is 1. The molecule has 1 aromatic rings. The predicted octanol–water partition coefficient (Wildman–Crippen LogP) is 3.24. The molecule has 0 saturated carbocycles. The second kappa shape index (κ2) is 7.02. The molecule has 2 heteroatoms. The van der Waals surface area contributed by atoms with Crippen molar-refractivity contribution in [2.24, 2.45) is 0 Å². The van der Waals surface area contributed by atoms with Gasteiger partial charge in [0.15, 0.2) is 0 Å². The van der Waals surface area contributed by atoms with E-state index in [2.05, 4.69) is 24.4 Å². The van der Waals surface area contributed by atoms with Gasteiger partial charge in [0.25, 0.3) is 0 Å². The van der Waals surface area contributed by atoms with Crippen molar-refractivity contribution in [1.29, 1.82) is 0 Å². The molecule has 0 aromatic carbocycles. The van der Waals surface area contributed by atoms with Crippen LogP contribution in [0.1, 0.15) is 35.9 Å². The zero-order valence-corrected chi connectivity index (χ0v) is 10.1. The number of thiophene rings is 1. The van der Waals surface area contributed by atoms with Gasteiger partial charge in [-0.2, -0.15) is 0 Å². The second-order valence-corrected chi connectivity index (χ2v) is 4.89. The minimum atomic E-state index is 1.16. The van der Waals surface area contributed by atoms with Gasteiger partial charge in [0.1, 0.15) is 0 Å². The summed E-state index contributed by atoms with van der Waals surface area (Å²) in [5.74, 6) is 0. The summed E-state index contributed by atoms with van der Waals surface area (Å²) in [5, 5.41) is 3.18. The lowest BCUT2D eigenvalue weighted by atomic mass is 10.2. The molecule has 0 aliphatic heterocycles. The summed E-state index contributed by atoms with van der Waals surface area (Å²) >= 11 is 1.98. The van der Waals surface area contributed by atoms with Gasteiger partial charge in [0.2, 0.25) is 0 Å². The van der Waals surface area contributed by atoms with Crippen molar-refractivity contribution < 1.29 is 0 Å². The lowest BCUT2D eigenvalue weighted by Crippen LogP contribution is -2.06. The van der Waals surface area contributed by atoms with Crippen molar-refractivity contribution in [3.8, 4) is 0 Å². The Morgan fingerprint density at radius 1 is 1.14 bits per heavy atom. The first-order valence-corrected chi connectivity index (χ1v) is 6.40. The van der Waals surface area contributed by atoms with E-state index in [1.54, 1.807) is 4.88 Å². The molecule has 1 heterocycles. The van der Waals surface area contributed by atoms with Crippen molar-refractivity contribution in [2.75, 3.05) is 13.6 Å². The monoisotopic (exact) mass is 211 g/mol. The Bertz CT molecular complexity index is 242. The largest absolute Gasteiger partial charge is 0.320 e. The average molecular weight is 211 g/mol. The van der Waals surface area contributed by atoms with E-state index in [4.69, 9.17) is 0 Å². The molecule has 0 spiro atoms. The lowest BCUT2D eigenvalue weighted by molar-refractivity contribution is 0.645. The molecule has 0 saturated heterocycles. The number of nitrogens with one attached hydrogen (secondary N) is 1. The van der Waals surface area contributed by atoms with Gasteiger partial charge < -0.3 is 5.32 Å². The van der Waals surface area contributed by atoms with Crippen molar-refractivity contribution in [1.82, 2.24) is 5.32 Å². The first-order chi connectivity index (χ1) is 6.86. The van der Waals surface area contributed by atoms with Crippen LogP contribution in [0.5, 0.6) is 0 Å². The van der Waals surface area contributed by atoms with E-state index in [-0.39, 0.29) is 0 Å². The van der Waals surface area contributed by atoms with E-state index in [9.17, 15) is 0 Å². The van der Waals surface area contributed by atoms with Gasteiger partial charge >= 0.3 is 0 Å². The Morgan fingerprint density at radius 2 is 1.93 bits per heavy atom. The number of hydrogen-bond acceptors (Lipinski definition) is 2. The third kappa shape index (κ3) is 4.25. The molecule has 0 unspecified atom stereocenters. The smallest absolute Gasteiger partial charge is 0.00481 e. The topological polar surface area (TPSA) is 12.0 Å². The summed E-state index contributed by atoms with van der Waals surface area (Å²) < 4.78 is 0. The van der Waals surface area contributed by atoms with Crippen LogP contribution in [0.4, 0.5) is 0 Å². The van der Waals surface area contributed by atoms with Gasteiger partial charge in [0, 0.05) is 9.75 Å². The Labute approximate surface area is 91.5 Å². The molecule has 0 bridgehead atoms. The van der Waals surface area contributed by atoms with E-state index in [0.717, 1.165) is 6.54 Å². The molecule has 0 amide bonds. The molecule has 0 radical (unpaired) electrons. The first-order valence-electron chi connectivity index (χ1n) is 5.59. The molecule has 0 aliphatic rings. The Balaban J connectivity index is 2.12. The fraction of sp³-hybridized carbons (Fsp3) is 0.667. The first kappa shape index (κ1) is 11.7. The van der Waals surface area contributed by atoms with Crippen LogP contribution < -0.4 is 5.32 Å². The lowest BCUT2D eigenvalue weighted by Gasteiger charge is -1.98. The maximum Gasteiger partial charge on any atom is 0.00481 e. The van der Waals surface area contributed by atoms with Crippen LogP contribution in [0.2, 0.25) is 0 Å². The Kier molecular flexibility index (Phi) is 5.88. The summed E-state index contributed by atoms with van der Waals surface area (Å²) in [6.45, 7) is 3.38. The van der Waals surface area contributed by atoms with Crippen molar-refractivity contribution in [3.05, 3.63) is 21.9 Å². The summed E-state index contributed by atoms with van der Waals surface area (Å²) in [4.78, 5) is 3.08. The van der Waals surface area contributed by atoms with Crippen molar-refractivity contribution in [3.63, 3.8) is 0 Å². The highest BCUT2D eigenvalue weighted by molar-refractivity contribution is 7.11. The summed E-state index contributed by atoms with van der Waals surface area (Å²) in [6.07, 6.45) is 6.45. The molecule has 0 aliphatic carbocycles. The molecular formula is C12H21NS. The quantitative estimate of drug-likeness (QED) is 0.683. The van der Waals surface area contributed by atoms with Gasteiger partial charge in [0.05, 0.1) is 0 Å². The third-order valence-electron chi connectivity index (χ3n) is 2.42. The van der Waals surface area contributed by atoms with Crippen LogP contribution >= 0.6 is 11.3 Å². The third-order valence-corrected chi connectivity index (χ3v) is 3.71. The fourth-order valence-corrected chi connectivity index (χ4v) is 2.52. The number of unbranched alkanes of at least 4 members (excludes halogenated alkanes) is 2. The van der Waals surface area contributed by atoms with Crippen LogP contribution in [-0.4, -0.2) is 13.6 Å². The standard InChI is InChI=1S/C12H21NS/c1-3-11-8-9-12(14-11)7-5-4-6-10-13-2/h8-9,13H,3-7,10H2,1-2H3. The maximum absolute atomic E-state index is 3.18. The number of rotatable bonds is 7. The van der Waals surface area contributed by atoms with E-state index < -0.39 is 0 Å². The summed E-state index contributed by atoms with van der Waals surface area (Å²) in [6, 6.07) is 4.56. The zero-order valence-electron chi connectivity index (χ0n) is 9.31. The second-order valence-electron chi connectivity index (χ2n) is 3.64. The molecule has 14 heavy (non-hydrogen) atoms. The maximum atomic E-state index is 3.18. The molecule has 1 nitrogen and oxygen atoms in total. The normalized spacial score (nSPS) is 10.7. The van der Waals surface area contributed by atoms with Gasteiger partial charge in [-0.1, -0.05) is 13.3 Å². The van der Waals surface area contributed by atoms with E-state index in [0.29, 0.717) is 0 Å². The SMILES string of the molecule is CCc1ccc(CCCCCNC)s1. The highest BCUT2D eigenvalue weighted by Gasteiger charge is 1.98. The fourth-order valence-electron chi connectivity index (χ4n) is 1.52. The Hall–Kier alpha value is -0.340. The predicted molar refractivity (Wildman–Crippen MR) is 65.2 cm³/mol. The Morgan fingerprint density at radius 3 is 2.57 bits per heavy atom. The van der Waals surface area contributed by atoms with Crippen LogP contribution in [0, 0.1) is 0 Å². The van der Waals surface area contributed by atoms with E-state index in [1.165, 1.54) is 37.0 Å². The molecule has 1 aromatic heterocycles. The molecular weight excluding hydrogens is 190 g/mol. The highest BCUT2D eigenvalue weighted by atomic mass is 32.1. The highest BCUT2D eigenvalue weighted by Crippen LogP contribution is 2.19. The molecule has 80 valence electrons. The molecule has 0 atom stereocenters. The minimum Gasteiger partial charge on any atom is -0.320 e. The molecule has 1 rings (SSSR count). The minimum absolute atomic E-state index is 1.16. The van der Waals surface area contributed by atoms with Crippen molar-refractivity contribution >= 4 is 11.3 Å². The summed E-state index contributed by atoms with van der Waals surface area (Å²) in [5.41, 5.74) is 0. The zero-order chi connectivity index (χ0) is 10.2.